The van der Waals surface area contributed by atoms with Crippen molar-refractivity contribution in [2.45, 2.75) is 17.9 Å². The third-order valence-corrected chi connectivity index (χ3v) is 3.55. The molecule has 1 heterocycles. The van der Waals surface area contributed by atoms with E-state index in [9.17, 15) is 4.79 Å². The number of ether oxygens (including phenoxy) is 1. The summed E-state index contributed by atoms with van der Waals surface area (Å²) in [6.45, 7) is 1.78. The lowest BCUT2D eigenvalue weighted by Crippen LogP contribution is -2.15. The zero-order valence-corrected chi connectivity index (χ0v) is 11.2. The van der Waals surface area contributed by atoms with Crippen molar-refractivity contribution >= 4 is 40.9 Å². The van der Waals surface area contributed by atoms with Gasteiger partial charge in [-0.1, -0.05) is 23.2 Å². The molecule has 6 heteroatoms. The summed E-state index contributed by atoms with van der Waals surface area (Å²) < 4.78 is 4.62. The number of hydrogen-bond donors (Lipinski definition) is 0. The number of carbonyl (C=O) groups excluding carboxylic acids is 1. The molecule has 0 N–H and O–H groups in total. The van der Waals surface area contributed by atoms with E-state index < -0.39 is 0 Å². The van der Waals surface area contributed by atoms with E-state index in [1.165, 1.54) is 25.1 Å². The van der Waals surface area contributed by atoms with Crippen LogP contribution >= 0.6 is 35.0 Å². The van der Waals surface area contributed by atoms with Crippen LogP contribution < -0.4 is 0 Å². The molecule has 0 fully saturated rings. The fraction of sp³-hybridized carbons (Fsp3) is 0.400. The van der Waals surface area contributed by atoms with Gasteiger partial charge in [-0.3, -0.25) is 9.78 Å². The normalized spacial score (nSPS) is 12.2. The zero-order valence-electron chi connectivity index (χ0n) is 8.87. The Hall–Kier alpha value is -0.450. The second-order valence-electron chi connectivity index (χ2n) is 3.06. The summed E-state index contributed by atoms with van der Waals surface area (Å²) in [5, 5.41) is 0.773. The van der Waals surface area contributed by atoms with Crippen LogP contribution in [-0.2, 0) is 15.3 Å². The molecule has 0 bridgehead atoms. The molecule has 0 saturated heterocycles. The molecule has 0 aromatic carbocycles. The van der Waals surface area contributed by atoms with Crippen LogP contribution in [0.1, 0.15) is 12.6 Å². The minimum atomic E-state index is -0.255. The molecule has 0 aliphatic carbocycles. The number of pyridine rings is 1. The molecular weight excluding hydrogens is 269 g/mol. The van der Waals surface area contributed by atoms with Gasteiger partial charge in [-0.15, -0.1) is 11.8 Å². The monoisotopic (exact) mass is 279 g/mol. The third-order valence-electron chi connectivity index (χ3n) is 1.89. The Morgan fingerprint density at radius 3 is 2.88 bits per heavy atom. The Bertz CT molecular complexity index is 387. The van der Waals surface area contributed by atoms with Gasteiger partial charge in [0.2, 0.25) is 0 Å². The van der Waals surface area contributed by atoms with Crippen molar-refractivity contribution in [3.63, 3.8) is 0 Å². The Morgan fingerprint density at radius 1 is 1.62 bits per heavy atom. The molecule has 1 rings (SSSR count). The van der Waals surface area contributed by atoms with Crippen LogP contribution in [-0.4, -0.2) is 23.3 Å². The predicted octanol–water partition coefficient (Wildman–Crippen LogP) is 3.18. The first-order valence-corrected chi connectivity index (χ1v) is 6.34. The Kier molecular flexibility index (Phi) is 5.38. The molecule has 1 unspecified atom stereocenters. The van der Waals surface area contributed by atoms with Gasteiger partial charge in [0.05, 0.1) is 28.1 Å². The summed E-state index contributed by atoms with van der Waals surface area (Å²) >= 11 is 13.1. The fourth-order valence-corrected chi connectivity index (χ4v) is 2.38. The average molecular weight is 280 g/mol. The second kappa shape index (κ2) is 6.33. The first-order valence-electron chi connectivity index (χ1n) is 4.54. The number of halogens is 2. The maximum absolute atomic E-state index is 11.2. The van der Waals surface area contributed by atoms with Crippen LogP contribution in [0, 0.1) is 0 Å². The zero-order chi connectivity index (χ0) is 12.1. The molecule has 1 aromatic rings. The van der Waals surface area contributed by atoms with Gasteiger partial charge in [0, 0.05) is 11.9 Å². The number of aromatic nitrogens is 1. The van der Waals surface area contributed by atoms with Crippen molar-refractivity contribution in [2.75, 3.05) is 7.11 Å². The minimum Gasteiger partial charge on any atom is -0.468 e. The summed E-state index contributed by atoms with van der Waals surface area (Å²) in [6, 6.07) is 1.63. The molecule has 0 aliphatic rings. The van der Waals surface area contributed by atoms with Crippen LogP contribution in [0.2, 0.25) is 10.0 Å². The number of hydrogen-bond acceptors (Lipinski definition) is 4. The van der Waals surface area contributed by atoms with Crippen molar-refractivity contribution < 1.29 is 9.53 Å². The van der Waals surface area contributed by atoms with Gasteiger partial charge in [-0.2, -0.15) is 0 Å². The van der Waals surface area contributed by atoms with E-state index >= 15 is 0 Å². The Balaban J connectivity index is 2.58. The van der Waals surface area contributed by atoms with Gasteiger partial charge in [0.1, 0.15) is 0 Å². The number of thioether (sulfide) groups is 1. The molecule has 0 spiro atoms. The summed E-state index contributed by atoms with van der Waals surface area (Å²) in [5.74, 6) is 0.293. The van der Waals surface area contributed by atoms with Gasteiger partial charge in [-0.05, 0) is 13.0 Å². The predicted molar refractivity (Wildman–Crippen MR) is 67.0 cm³/mol. The first-order chi connectivity index (χ1) is 7.54. The van der Waals surface area contributed by atoms with Crippen molar-refractivity contribution in [3.05, 3.63) is 28.0 Å². The highest BCUT2D eigenvalue weighted by Crippen LogP contribution is 2.24. The molecule has 0 saturated carbocycles. The summed E-state index contributed by atoms with van der Waals surface area (Å²) in [5.41, 5.74) is 0.715. The van der Waals surface area contributed by atoms with Crippen molar-refractivity contribution in [2.24, 2.45) is 0 Å². The minimum absolute atomic E-state index is 0.237. The lowest BCUT2D eigenvalue weighted by Gasteiger charge is -2.09. The van der Waals surface area contributed by atoms with E-state index in [4.69, 9.17) is 23.2 Å². The van der Waals surface area contributed by atoms with Gasteiger partial charge >= 0.3 is 5.97 Å². The van der Waals surface area contributed by atoms with Crippen molar-refractivity contribution in [3.8, 4) is 0 Å². The van der Waals surface area contributed by atoms with E-state index in [0.29, 0.717) is 21.5 Å². The molecule has 1 aromatic heterocycles. The highest BCUT2D eigenvalue weighted by molar-refractivity contribution is 7.99. The fourth-order valence-electron chi connectivity index (χ4n) is 0.987. The lowest BCUT2D eigenvalue weighted by molar-refractivity contribution is -0.139. The largest absolute Gasteiger partial charge is 0.468 e. The number of nitrogens with zero attached hydrogens (tertiary/aromatic N) is 1. The smallest absolute Gasteiger partial charge is 0.318 e. The number of esters is 1. The summed E-state index contributed by atoms with van der Waals surface area (Å²) in [7, 11) is 1.37. The van der Waals surface area contributed by atoms with E-state index in [1.54, 1.807) is 13.0 Å². The third kappa shape index (κ3) is 3.85. The van der Waals surface area contributed by atoms with Crippen LogP contribution in [0.4, 0.5) is 0 Å². The number of carbonyl (C=O) groups is 1. The standard InChI is InChI=1S/C10H11Cl2NO2S/c1-6(10(14)15-2)16-5-9-8(12)3-7(11)4-13-9/h3-4,6H,5H2,1-2H3. The van der Waals surface area contributed by atoms with Gasteiger partial charge < -0.3 is 4.74 Å². The Morgan fingerprint density at radius 2 is 2.31 bits per heavy atom. The van der Waals surface area contributed by atoms with Crippen LogP contribution in [0.25, 0.3) is 0 Å². The highest BCUT2D eigenvalue weighted by atomic mass is 35.5. The lowest BCUT2D eigenvalue weighted by atomic mass is 10.4. The molecule has 0 radical (unpaired) electrons. The van der Waals surface area contributed by atoms with Crippen molar-refractivity contribution in [1.82, 2.24) is 4.98 Å². The SMILES string of the molecule is COC(=O)C(C)SCc1ncc(Cl)cc1Cl. The van der Waals surface area contributed by atoms with Crippen LogP contribution in [0.15, 0.2) is 12.3 Å². The molecule has 88 valence electrons. The van der Waals surface area contributed by atoms with Crippen LogP contribution in [0.5, 0.6) is 0 Å². The topological polar surface area (TPSA) is 39.2 Å². The van der Waals surface area contributed by atoms with Crippen LogP contribution in [0.3, 0.4) is 0 Å². The molecule has 3 nitrogen and oxygen atoms in total. The van der Waals surface area contributed by atoms with Crippen molar-refractivity contribution in [1.29, 1.82) is 0 Å². The van der Waals surface area contributed by atoms with Gasteiger partial charge in [0.25, 0.3) is 0 Å². The second-order valence-corrected chi connectivity index (χ2v) is 5.23. The van der Waals surface area contributed by atoms with E-state index in [-0.39, 0.29) is 11.2 Å². The van der Waals surface area contributed by atoms with E-state index in [0.717, 1.165) is 0 Å². The molecule has 0 aliphatic heterocycles. The highest BCUT2D eigenvalue weighted by Gasteiger charge is 2.14. The van der Waals surface area contributed by atoms with E-state index in [2.05, 4.69) is 9.72 Å². The molecule has 0 amide bonds. The summed E-state index contributed by atoms with van der Waals surface area (Å²) in [6.07, 6.45) is 1.53. The molecule has 16 heavy (non-hydrogen) atoms. The van der Waals surface area contributed by atoms with Gasteiger partial charge in [0.15, 0.2) is 0 Å². The first kappa shape index (κ1) is 13.6. The number of methoxy groups -OCH3 is 1. The van der Waals surface area contributed by atoms with Gasteiger partial charge in [-0.25, -0.2) is 0 Å². The number of rotatable bonds is 4. The molecule has 1 atom stereocenters. The summed E-state index contributed by atoms with van der Waals surface area (Å²) in [4.78, 5) is 15.3. The average Bonchev–Trinajstić information content (AvgIpc) is 2.26. The quantitative estimate of drug-likeness (QED) is 0.794. The molecular formula is C10H11Cl2NO2S. The Labute approximate surface area is 108 Å². The van der Waals surface area contributed by atoms with E-state index in [1.807, 2.05) is 0 Å². The maximum Gasteiger partial charge on any atom is 0.318 e. The maximum atomic E-state index is 11.2.